The fourth-order valence-electron chi connectivity index (χ4n) is 2.42. The van der Waals surface area contributed by atoms with Gasteiger partial charge in [0.2, 0.25) is 5.91 Å². The van der Waals surface area contributed by atoms with Gasteiger partial charge in [0.25, 0.3) is 0 Å². The number of hydrogen-bond acceptors (Lipinski definition) is 3. The van der Waals surface area contributed by atoms with Crippen LogP contribution in [0.15, 0.2) is 18.2 Å². The minimum atomic E-state index is 0.0720. The zero-order valence-corrected chi connectivity index (χ0v) is 12.0. The van der Waals surface area contributed by atoms with Gasteiger partial charge < -0.3 is 10.6 Å². The molecule has 0 spiro atoms. The molecule has 19 heavy (non-hydrogen) atoms. The van der Waals surface area contributed by atoms with Gasteiger partial charge in [-0.2, -0.15) is 0 Å². The molecule has 0 radical (unpaired) electrons. The van der Waals surface area contributed by atoms with Crippen molar-refractivity contribution < 1.29 is 4.79 Å². The minimum absolute atomic E-state index is 0.0720. The monoisotopic (exact) mass is 261 g/mol. The lowest BCUT2D eigenvalue weighted by molar-refractivity contribution is -0.117. The van der Waals surface area contributed by atoms with Gasteiger partial charge in [-0.15, -0.1) is 0 Å². The molecule has 0 unspecified atom stereocenters. The molecule has 1 aromatic carbocycles. The topological polar surface area (TPSA) is 44.4 Å². The molecule has 0 bridgehead atoms. The Morgan fingerprint density at radius 2 is 2.26 bits per heavy atom. The van der Waals surface area contributed by atoms with E-state index < -0.39 is 0 Å². The quantitative estimate of drug-likeness (QED) is 0.867. The number of nitrogens with one attached hydrogen (secondary N) is 2. The number of carbonyl (C=O) groups is 1. The Labute approximate surface area is 115 Å². The van der Waals surface area contributed by atoms with Crippen LogP contribution in [0.3, 0.4) is 0 Å². The highest BCUT2D eigenvalue weighted by atomic mass is 16.2. The van der Waals surface area contributed by atoms with Crippen molar-refractivity contribution in [3.8, 4) is 0 Å². The molecule has 1 atom stereocenters. The van der Waals surface area contributed by atoms with E-state index in [-0.39, 0.29) is 5.91 Å². The van der Waals surface area contributed by atoms with Gasteiger partial charge in [-0.1, -0.05) is 12.1 Å². The Hall–Kier alpha value is -1.39. The van der Waals surface area contributed by atoms with Gasteiger partial charge in [0.05, 0.1) is 6.54 Å². The summed E-state index contributed by atoms with van der Waals surface area (Å²) in [4.78, 5) is 14.3. The molecule has 1 amide bonds. The molecule has 1 aliphatic heterocycles. The molecule has 1 aromatic rings. The third kappa shape index (κ3) is 4.04. The number of carbonyl (C=O) groups excluding carboxylic acids is 1. The van der Waals surface area contributed by atoms with E-state index in [1.54, 1.807) is 0 Å². The van der Waals surface area contributed by atoms with Crippen LogP contribution in [0.25, 0.3) is 0 Å². The third-order valence-electron chi connectivity index (χ3n) is 3.49. The molecule has 1 heterocycles. The van der Waals surface area contributed by atoms with Gasteiger partial charge in [-0.05, 0) is 38.0 Å². The van der Waals surface area contributed by atoms with Crippen molar-refractivity contribution in [3.05, 3.63) is 29.3 Å². The number of nitrogens with zero attached hydrogens (tertiary/aromatic N) is 1. The van der Waals surface area contributed by atoms with Crippen molar-refractivity contribution in [3.63, 3.8) is 0 Å². The van der Waals surface area contributed by atoms with Crippen molar-refractivity contribution in [2.75, 3.05) is 31.5 Å². The number of hydrogen-bond donors (Lipinski definition) is 2. The molecule has 2 N–H and O–H groups in total. The molecule has 4 heteroatoms. The maximum Gasteiger partial charge on any atom is 0.238 e. The van der Waals surface area contributed by atoms with Crippen LogP contribution >= 0.6 is 0 Å². The summed E-state index contributed by atoms with van der Waals surface area (Å²) in [7, 11) is 0. The molecule has 1 saturated heterocycles. The third-order valence-corrected chi connectivity index (χ3v) is 3.49. The Morgan fingerprint density at radius 3 is 3.00 bits per heavy atom. The smallest absolute Gasteiger partial charge is 0.238 e. The predicted octanol–water partition coefficient (Wildman–Crippen LogP) is 1.54. The lowest BCUT2D eigenvalue weighted by Gasteiger charge is -2.31. The van der Waals surface area contributed by atoms with Gasteiger partial charge in [0, 0.05) is 31.4 Å². The Kier molecular flexibility index (Phi) is 4.56. The number of piperazine rings is 1. The second-order valence-electron chi connectivity index (χ2n) is 5.46. The standard InChI is InChI=1S/C15H23N3O/c1-11-4-5-12(2)14(8-11)17-15(19)10-18-7-6-16-13(3)9-18/h4-5,8,13,16H,6-7,9-10H2,1-3H3,(H,17,19)/t13-/m1/s1. The highest BCUT2D eigenvalue weighted by Crippen LogP contribution is 2.16. The van der Waals surface area contributed by atoms with E-state index in [4.69, 9.17) is 0 Å². The van der Waals surface area contributed by atoms with Crippen LogP contribution < -0.4 is 10.6 Å². The van der Waals surface area contributed by atoms with Gasteiger partial charge in [0.1, 0.15) is 0 Å². The fourth-order valence-corrected chi connectivity index (χ4v) is 2.42. The summed E-state index contributed by atoms with van der Waals surface area (Å²) in [5.74, 6) is 0.0720. The highest BCUT2D eigenvalue weighted by Gasteiger charge is 2.18. The maximum atomic E-state index is 12.1. The minimum Gasteiger partial charge on any atom is -0.325 e. The summed E-state index contributed by atoms with van der Waals surface area (Å²) < 4.78 is 0. The molecule has 1 aliphatic rings. The number of amides is 1. The number of anilines is 1. The largest absolute Gasteiger partial charge is 0.325 e. The van der Waals surface area contributed by atoms with Crippen LogP contribution in [0.4, 0.5) is 5.69 Å². The normalized spacial score (nSPS) is 20.3. The van der Waals surface area contributed by atoms with Crippen LogP contribution in [0.1, 0.15) is 18.1 Å². The number of benzene rings is 1. The summed E-state index contributed by atoms with van der Waals surface area (Å²) in [5.41, 5.74) is 3.19. The number of rotatable bonds is 3. The van der Waals surface area contributed by atoms with Crippen molar-refractivity contribution in [1.29, 1.82) is 0 Å². The average Bonchev–Trinajstić information content (AvgIpc) is 2.34. The summed E-state index contributed by atoms with van der Waals surface area (Å²) in [5, 5.41) is 6.39. The lowest BCUT2D eigenvalue weighted by atomic mass is 10.1. The Bertz CT molecular complexity index is 459. The first-order valence-electron chi connectivity index (χ1n) is 6.87. The molecule has 0 aromatic heterocycles. The first-order chi connectivity index (χ1) is 9.04. The van der Waals surface area contributed by atoms with Crippen LogP contribution in [0.5, 0.6) is 0 Å². The lowest BCUT2D eigenvalue weighted by Crippen LogP contribution is -2.51. The molecule has 104 valence electrons. The van der Waals surface area contributed by atoms with Gasteiger partial charge >= 0.3 is 0 Å². The first-order valence-corrected chi connectivity index (χ1v) is 6.87. The second-order valence-corrected chi connectivity index (χ2v) is 5.46. The molecule has 2 rings (SSSR count). The summed E-state index contributed by atoms with van der Waals surface area (Å²) in [6.07, 6.45) is 0. The van der Waals surface area contributed by atoms with Gasteiger partial charge in [-0.25, -0.2) is 0 Å². The summed E-state index contributed by atoms with van der Waals surface area (Å²) >= 11 is 0. The Morgan fingerprint density at radius 1 is 1.47 bits per heavy atom. The van der Waals surface area contributed by atoms with Crippen molar-refractivity contribution in [2.45, 2.75) is 26.8 Å². The van der Waals surface area contributed by atoms with Crippen LogP contribution in [0, 0.1) is 13.8 Å². The van der Waals surface area contributed by atoms with Gasteiger partial charge in [-0.3, -0.25) is 9.69 Å². The second kappa shape index (κ2) is 6.17. The molecule has 4 nitrogen and oxygen atoms in total. The predicted molar refractivity (Wildman–Crippen MR) is 78.5 cm³/mol. The zero-order valence-electron chi connectivity index (χ0n) is 12.0. The molecular weight excluding hydrogens is 238 g/mol. The van der Waals surface area contributed by atoms with Crippen molar-refractivity contribution in [1.82, 2.24) is 10.2 Å². The van der Waals surface area contributed by atoms with Crippen LogP contribution in [-0.4, -0.2) is 43.0 Å². The van der Waals surface area contributed by atoms with E-state index in [2.05, 4.69) is 28.5 Å². The van der Waals surface area contributed by atoms with E-state index in [1.807, 2.05) is 26.0 Å². The van der Waals surface area contributed by atoms with E-state index in [0.29, 0.717) is 12.6 Å². The van der Waals surface area contributed by atoms with E-state index >= 15 is 0 Å². The fraction of sp³-hybridized carbons (Fsp3) is 0.533. The van der Waals surface area contributed by atoms with E-state index in [9.17, 15) is 4.79 Å². The zero-order chi connectivity index (χ0) is 13.8. The number of aryl methyl sites for hydroxylation is 2. The molecule has 1 fully saturated rings. The Balaban J connectivity index is 1.92. The molecular formula is C15H23N3O. The summed E-state index contributed by atoms with van der Waals surface area (Å²) in [6.45, 7) is 9.49. The SMILES string of the molecule is Cc1ccc(C)c(NC(=O)CN2CCN[C@H](C)C2)c1. The van der Waals surface area contributed by atoms with Crippen molar-refractivity contribution >= 4 is 11.6 Å². The van der Waals surface area contributed by atoms with Crippen LogP contribution in [-0.2, 0) is 4.79 Å². The van der Waals surface area contributed by atoms with Gasteiger partial charge in [0.15, 0.2) is 0 Å². The average molecular weight is 261 g/mol. The molecule has 0 aliphatic carbocycles. The first kappa shape index (κ1) is 14.0. The molecule has 0 saturated carbocycles. The highest BCUT2D eigenvalue weighted by molar-refractivity contribution is 5.93. The maximum absolute atomic E-state index is 12.1. The van der Waals surface area contributed by atoms with Crippen molar-refractivity contribution in [2.24, 2.45) is 0 Å². The van der Waals surface area contributed by atoms with E-state index in [0.717, 1.165) is 36.4 Å². The van der Waals surface area contributed by atoms with Crippen LogP contribution in [0.2, 0.25) is 0 Å². The summed E-state index contributed by atoms with van der Waals surface area (Å²) in [6, 6.07) is 6.58. The van der Waals surface area contributed by atoms with E-state index in [1.165, 1.54) is 0 Å².